The molecule has 0 aromatic carbocycles. The molecule has 1 fully saturated rings. The first-order chi connectivity index (χ1) is 7.74. The maximum Gasteiger partial charge on any atom is 0.0107 e. The zero-order valence-corrected chi connectivity index (χ0v) is 11.3. The fourth-order valence-corrected chi connectivity index (χ4v) is 2.20. The molecule has 3 heteroatoms. The van der Waals surface area contributed by atoms with E-state index in [4.69, 9.17) is 0 Å². The zero-order valence-electron chi connectivity index (χ0n) is 11.3. The maximum atomic E-state index is 3.69. The quantitative estimate of drug-likeness (QED) is 0.719. The fourth-order valence-electron chi connectivity index (χ4n) is 2.20. The van der Waals surface area contributed by atoms with Crippen molar-refractivity contribution in [3.05, 3.63) is 0 Å². The van der Waals surface area contributed by atoms with E-state index in [0.717, 1.165) is 12.6 Å². The first-order valence-electron chi connectivity index (χ1n) is 6.88. The van der Waals surface area contributed by atoms with Gasteiger partial charge in [0.2, 0.25) is 0 Å². The summed E-state index contributed by atoms with van der Waals surface area (Å²) >= 11 is 0. The molecule has 96 valence electrons. The van der Waals surface area contributed by atoms with E-state index in [-0.39, 0.29) is 0 Å². The fraction of sp³-hybridized carbons (Fsp3) is 1.00. The van der Waals surface area contributed by atoms with Gasteiger partial charge in [-0.05, 0) is 52.7 Å². The first-order valence-corrected chi connectivity index (χ1v) is 6.88. The highest BCUT2D eigenvalue weighted by Crippen LogP contribution is 2.05. The molecular weight excluding hydrogens is 198 g/mol. The molecule has 0 saturated carbocycles. The van der Waals surface area contributed by atoms with E-state index < -0.39 is 0 Å². The molecule has 3 nitrogen and oxygen atoms in total. The van der Waals surface area contributed by atoms with E-state index in [9.17, 15) is 0 Å². The van der Waals surface area contributed by atoms with Crippen LogP contribution in [0.15, 0.2) is 0 Å². The lowest BCUT2D eigenvalue weighted by atomic mass is 10.1. The molecule has 1 heterocycles. The topological polar surface area (TPSA) is 27.3 Å². The Labute approximate surface area is 101 Å². The molecular formula is C13H29N3. The molecule has 0 radical (unpaired) electrons. The van der Waals surface area contributed by atoms with E-state index >= 15 is 0 Å². The van der Waals surface area contributed by atoms with Crippen LogP contribution in [-0.2, 0) is 0 Å². The molecule has 0 aliphatic carbocycles. The van der Waals surface area contributed by atoms with Gasteiger partial charge < -0.3 is 15.5 Å². The second-order valence-electron chi connectivity index (χ2n) is 5.07. The molecule has 2 unspecified atom stereocenters. The molecule has 0 spiro atoms. The van der Waals surface area contributed by atoms with Crippen LogP contribution in [-0.4, -0.2) is 50.2 Å². The van der Waals surface area contributed by atoms with E-state index in [0.29, 0.717) is 6.04 Å². The summed E-state index contributed by atoms with van der Waals surface area (Å²) < 4.78 is 0. The lowest BCUT2D eigenvalue weighted by Gasteiger charge is -2.25. The van der Waals surface area contributed by atoms with Gasteiger partial charge in [-0.3, -0.25) is 0 Å². The third-order valence-corrected chi connectivity index (χ3v) is 3.82. The van der Waals surface area contributed by atoms with Crippen LogP contribution in [0.5, 0.6) is 0 Å². The van der Waals surface area contributed by atoms with Crippen LogP contribution < -0.4 is 10.6 Å². The van der Waals surface area contributed by atoms with E-state index in [2.05, 4.69) is 36.4 Å². The Bertz CT molecular complexity index is 165. The van der Waals surface area contributed by atoms with Crippen molar-refractivity contribution in [1.82, 2.24) is 15.5 Å². The van der Waals surface area contributed by atoms with Crippen molar-refractivity contribution in [3.63, 3.8) is 0 Å². The molecule has 2 atom stereocenters. The number of hydrogen-bond donors (Lipinski definition) is 2. The number of nitrogens with one attached hydrogen (secondary N) is 2. The third kappa shape index (κ3) is 5.28. The average Bonchev–Trinajstić information content (AvgIpc) is 2.56. The highest BCUT2D eigenvalue weighted by molar-refractivity contribution is 4.73. The summed E-state index contributed by atoms with van der Waals surface area (Å²) in [5.74, 6) is 0. The summed E-state index contributed by atoms with van der Waals surface area (Å²) in [5, 5.41) is 7.14. The maximum absolute atomic E-state index is 3.69. The summed E-state index contributed by atoms with van der Waals surface area (Å²) in [4.78, 5) is 2.45. The number of hydrogen-bond acceptors (Lipinski definition) is 3. The highest BCUT2D eigenvalue weighted by Gasteiger charge is 2.11. The van der Waals surface area contributed by atoms with Gasteiger partial charge in [-0.15, -0.1) is 0 Å². The Morgan fingerprint density at radius 2 is 2.19 bits per heavy atom. The molecule has 1 saturated heterocycles. The summed E-state index contributed by atoms with van der Waals surface area (Å²) in [6.45, 7) is 9.23. The summed E-state index contributed by atoms with van der Waals surface area (Å²) in [6.07, 6.45) is 5.18. The predicted octanol–water partition coefficient (Wildman–Crippen LogP) is 1.45. The molecule has 1 rings (SSSR count). The zero-order chi connectivity index (χ0) is 11.8. The third-order valence-electron chi connectivity index (χ3n) is 3.82. The standard InChI is InChI=1S/C13H29N3/c1-4-12(2)16(3)11-10-15-13-6-5-8-14-9-7-13/h12-15H,4-11H2,1-3H3. The van der Waals surface area contributed by atoms with Gasteiger partial charge in [-0.1, -0.05) is 6.92 Å². The minimum atomic E-state index is 0.706. The summed E-state index contributed by atoms with van der Waals surface area (Å²) in [7, 11) is 2.23. The molecule has 2 N–H and O–H groups in total. The van der Waals surface area contributed by atoms with Crippen molar-refractivity contribution >= 4 is 0 Å². The van der Waals surface area contributed by atoms with Gasteiger partial charge in [-0.25, -0.2) is 0 Å². The number of likely N-dealkylation sites (N-methyl/N-ethyl adjacent to an activating group) is 1. The van der Waals surface area contributed by atoms with Crippen molar-refractivity contribution in [2.24, 2.45) is 0 Å². The van der Waals surface area contributed by atoms with Crippen molar-refractivity contribution < 1.29 is 0 Å². The van der Waals surface area contributed by atoms with Crippen LogP contribution in [0.2, 0.25) is 0 Å². The summed E-state index contributed by atoms with van der Waals surface area (Å²) in [6, 6.07) is 1.44. The summed E-state index contributed by atoms with van der Waals surface area (Å²) in [5.41, 5.74) is 0. The predicted molar refractivity (Wildman–Crippen MR) is 70.9 cm³/mol. The Morgan fingerprint density at radius 1 is 1.38 bits per heavy atom. The Kier molecular flexibility index (Phi) is 7.01. The minimum absolute atomic E-state index is 0.706. The van der Waals surface area contributed by atoms with Crippen molar-refractivity contribution in [2.45, 2.75) is 51.6 Å². The second-order valence-corrected chi connectivity index (χ2v) is 5.07. The van der Waals surface area contributed by atoms with Crippen LogP contribution in [0, 0.1) is 0 Å². The monoisotopic (exact) mass is 227 g/mol. The Hall–Kier alpha value is -0.120. The SMILES string of the molecule is CCC(C)N(C)CCNC1CCCNCC1. The van der Waals surface area contributed by atoms with Gasteiger partial charge in [0, 0.05) is 25.2 Å². The van der Waals surface area contributed by atoms with Crippen LogP contribution in [0.25, 0.3) is 0 Å². The van der Waals surface area contributed by atoms with Gasteiger partial charge in [0.15, 0.2) is 0 Å². The molecule has 1 aliphatic heterocycles. The van der Waals surface area contributed by atoms with Crippen molar-refractivity contribution in [1.29, 1.82) is 0 Å². The van der Waals surface area contributed by atoms with Gasteiger partial charge in [0.25, 0.3) is 0 Å². The van der Waals surface area contributed by atoms with Crippen LogP contribution in [0.1, 0.15) is 39.5 Å². The molecule has 16 heavy (non-hydrogen) atoms. The number of nitrogens with zero attached hydrogens (tertiary/aromatic N) is 1. The second kappa shape index (κ2) is 8.04. The molecule has 0 bridgehead atoms. The minimum Gasteiger partial charge on any atom is -0.317 e. The highest BCUT2D eigenvalue weighted by atomic mass is 15.1. The van der Waals surface area contributed by atoms with Gasteiger partial charge >= 0.3 is 0 Å². The van der Waals surface area contributed by atoms with Gasteiger partial charge in [0.1, 0.15) is 0 Å². The normalized spacial score (nSPS) is 24.4. The molecule has 0 aromatic heterocycles. The largest absolute Gasteiger partial charge is 0.317 e. The smallest absolute Gasteiger partial charge is 0.0107 e. The van der Waals surface area contributed by atoms with E-state index in [1.807, 2.05) is 0 Å². The number of rotatable bonds is 6. The van der Waals surface area contributed by atoms with E-state index in [1.165, 1.54) is 45.3 Å². The van der Waals surface area contributed by atoms with Crippen LogP contribution >= 0.6 is 0 Å². The first kappa shape index (κ1) is 13.9. The van der Waals surface area contributed by atoms with E-state index in [1.54, 1.807) is 0 Å². The van der Waals surface area contributed by atoms with Crippen LogP contribution in [0.4, 0.5) is 0 Å². The van der Waals surface area contributed by atoms with Crippen molar-refractivity contribution in [2.75, 3.05) is 33.2 Å². The lowest BCUT2D eigenvalue weighted by molar-refractivity contribution is 0.247. The lowest BCUT2D eigenvalue weighted by Crippen LogP contribution is -2.39. The van der Waals surface area contributed by atoms with Crippen molar-refractivity contribution in [3.8, 4) is 0 Å². The Morgan fingerprint density at radius 3 is 2.94 bits per heavy atom. The average molecular weight is 227 g/mol. The molecule has 0 aromatic rings. The van der Waals surface area contributed by atoms with Gasteiger partial charge in [0.05, 0.1) is 0 Å². The van der Waals surface area contributed by atoms with Crippen LogP contribution in [0.3, 0.4) is 0 Å². The molecule has 1 aliphatic rings. The van der Waals surface area contributed by atoms with Gasteiger partial charge in [-0.2, -0.15) is 0 Å². The Balaban J connectivity index is 2.09. The molecule has 0 amide bonds.